The van der Waals surface area contributed by atoms with Gasteiger partial charge in [-0.1, -0.05) is 20.3 Å². The molecule has 0 saturated heterocycles. The molecule has 2 unspecified atom stereocenters. The van der Waals surface area contributed by atoms with Crippen molar-refractivity contribution in [2.75, 3.05) is 14.2 Å². The lowest BCUT2D eigenvalue weighted by atomic mass is 9.70. The van der Waals surface area contributed by atoms with Crippen LogP contribution >= 0.6 is 0 Å². The first kappa shape index (κ1) is 12.0. The maximum absolute atomic E-state index is 5.73. The molecule has 1 fully saturated rings. The summed E-state index contributed by atoms with van der Waals surface area (Å²) in [6.45, 7) is 4.59. The zero-order valence-electron chi connectivity index (χ0n) is 10.1. The monoisotopic (exact) mass is 199 g/mol. The van der Waals surface area contributed by atoms with Crippen molar-refractivity contribution >= 4 is 0 Å². The maximum Gasteiger partial charge on any atom is 0.0833 e. The Morgan fingerprint density at radius 3 is 2.36 bits per heavy atom. The average Bonchev–Trinajstić information content (AvgIpc) is 2.11. The van der Waals surface area contributed by atoms with Gasteiger partial charge in [-0.15, -0.1) is 0 Å². The molecule has 1 rings (SSSR count). The molecular weight excluding hydrogens is 174 g/mol. The fourth-order valence-corrected chi connectivity index (χ4v) is 2.86. The van der Waals surface area contributed by atoms with E-state index in [1.54, 1.807) is 0 Å². The molecule has 2 nitrogen and oxygen atoms in total. The number of rotatable bonds is 6. The van der Waals surface area contributed by atoms with Crippen LogP contribution in [-0.2, 0) is 4.74 Å². The van der Waals surface area contributed by atoms with Crippen molar-refractivity contribution in [3.63, 3.8) is 0 Å². The zero-order chi connectivity index (χ0) is 10.6. The predicted molar refractivity (Wildman–Crippen MR) is 60.5 cm³/mol. The topological polar surface area (TPSA) is 21.3 Å². The molecule has 1 aliphatic rings. The summed E-state index contributed by atoms with van der Waals surface area (Å²) >= 11 is 0. The third kappa shape index (κ3) is 2.12. The van der Waals surface area contributed by atoms with Crippen molar-refractivity contribution in [1.82, 2.24) is 5.32 Å². The molecular formula is C12H25NO. The van der Waals surface area contributed by atoms with Crippen LogP contribution in [0.2, 0.25) is 0 Å². The molecule has 0 spiro atoms. The molecule has 14 heavy (non-hydrogen) atoms. The van der Waals surface area contributed by atoms with Gasteiger partial charge in [0.25, 0.3) is 0 Å². The van der Waals surface area contributed by atoms with E-state index in [0.717, 1.165) is 0 Å². The number of nitrogens with one attached hydrogen (secondary N) is 1. The van der Waals surface area contributed by atoms with Crippen molar-refractivity contribution in [1.29, 1.82) is 0 Å². The molecule has 0 amide bonds. The SMILES string of the molecule is CCCC(C)C(NC)C1(OC)CCC1. The Bertz CT molecular complexity index is 160. The molecule has 0 radical (unpaired) electrons. The summed E-state index contributed by atoms with van der Waals surface area (Å²) in [4.78, 5) is 0. The minimum Gasteiger partial charge on any atom is -0.377 e. The summed E-state index contributed by atoms with van der Waals surface area (Å²) in [6, 6.07) is 0.529. The fraction of sp³-hybridized carbons (Fsp3) is 1.00. The van der Waals surface area contributed by atoms with Crippen LogP contribution < -0.4 is 5.32 Å². The van der Waals surface area contributed by atoms with Crippen molar-refractivity contribution < 1.29 is 4.74 Å². The van der Waals surface area contributed by atoms with Crippen molar-refractivity contribution in [2.45, 2.75) is 57.6 Å². The first-order chi connectivity index (χ1) is 6.70. The van der Waals surface area contributed by atoms with Crippen LogP contribution in [0.3, 0.4) is 0 Å². The van der Waals surface area contributed by atoms with Gasteiger partial charge < -0.3 is 10.1 Å². The standard InChI is InChI=1S/C12H25NO/c1-5-7-10(2)11(13-3)12(14-4)8-6-9-12/h10-11,13H,5-9H2,1-4H3. The lowest BCUT2D eigenvalue weighted by Crippen LogP contribution is -2.58. The van der Waals surface area contributed by atoms with Gasteiger partial charge in [0, 0.05) is 13.2 Å². The highest BCUT2D eigenvalue weighted by Gasteiger charge is 2.45. The van der Waals surface area contributed by atoms with E-state index in [-0.39, 0.29) is 5.60 Å². The molecule has 1 N–H and O–H groups in total. The molecule has 0 bridgehead atoms. The van der Waals surface area contributed by atoms with Gasteiger partial charge in [-0.25, -0.2) is 0 Å². The Hall–Kier alpha value is -0.0800. The summed E-state index contributed by atoms with van der Waals surface area (Å²) in [5.41, 5.74) is 0.142. The van der Waals surface area contributed by atoms with Crippen molar-refractivity contribution in [3.05, 3.63) is 0 Å². The highest BCUT2D eigenvalue weighted by molar-refractivity contribution is 5.01. The number of hydrogen-bond acceptors (Lipinski definition) is 2. The highest BCUT2D eigenvalue weighted by atomic mass is 16.5. The third-order valence-electron chi connectivity index (χ3n) is 3.80. The predicted octanol–water partition coefficient (Wildman–Crippen LogP) is 2.58. The Kier molecular flexibility index (Phi) is 4.39. The zero-order valence-corrected chi connectivity index (χ0v) is 10.1. The molecule has 0 aliphatic heterocycles. The number of hydrogen-bond donors (Lipinski definition) is 1. The van der Waals surface area contributed by atoms with Gasteiger partial charge in [0.1, 0.15) is 0 Å². The van der Waals surface area contributed by atoms with Crippen LogP contribution in [0.25, 0.3) is 0 Å². The quantitative estimate of drug-likeness (QED) is 0.710. The highest BCUT2D eigenvalue weighted by Crippen LogP contribution is 2.41. The average molecular weight is 199 g/mol. The van der Waals surface area contributed by atoms with Gasteiger partial charge >= 0.3 is 0 Å². The van der Waals surface area contributed by atoms with Gasteiger partial charge in [0.15, 0.2) is 0 Å². The van der Waals surface area contributed by atoms with Gasteiger partial charge in [-0.05, 0) is 38.6 Å². The summed E-state index contributed by atoms with van der Waals surface area (Å²) in [7, 11) is 3.93. The summed E-state index contributed by atoms with van der Waals surface area (Å²) in [6.07, 6.45) is 6.33. The Morgan fingerprint density at radius 2 is 2.07 bits per heavy atom. The minimum absolute atomic E-state index is 0.142. The molecule has 1 aliphatic carbocycles. The summed E-state index contributed by atoms with van der Waals surface area (Å²) < 4.78 is 5.73. The third-order valence-corrected chi connectivity index (χ3v) is 3.80. The van der Waals surface area contributed by atoms with E-state index < -0.39 is 0 Å². The van der Waals surface area contributed by atoms with E-state index in [0.29, 0.717) is 12.0 Å². The van der Waals surface area contributed by atoms with E-state index in [9.17, 15) is 0 Å². The Morgan fingerprint density at radius 1 is 1.43 bits per heavy atom. The Labute approximate surface area is 88.4 Å². The smallest absolute Gasteiger partial charge is 0.0833 e. The number of methoxy groups -OCH3 is 1. The van der Waals surface area contributed by atoms with Crippen LogP contribution in [-0.4, -0.2) is 25.8 Å². The number of ether oxygens (including phenoxy) is 1. The first-order valence-electron chi connectivity index (χ1n) is 5.92. The second kappa shape index (κ2) is 5.13. The van der Waals surface area contributed by atoms with Gasteiger partial charge in [0.05, 0.1) is 5.60 Å². The second-order valence-corrected chi connectivity index (χ2v) is 4.65. The summed E-state index contributed by atoms with van der Waals surface area (Å²) in [5.74, 6) is 0.713. The normalized spacial score (nSPS) is 24.0. The molecule has 0 aromatic carbocycles. The van der Waals surface area contributed by atoms with Crippen LogP contribution in [0.4, 0.5) is 0 Å². The number of likely N-dealkylation sites (N-methyl/N-ethyl adjacent to an activating group) is 1. The van der Waals surface area contributed by atoms with Crippen LogP contribution in [0.15, 0.2) is 0 Å². The van der Waals surface area contributed by atoms with Gasteiger partial charge in [-0.3, -0.25) is 0 Å². The minimum atomic E-state index is 0.142. The van der Waals surface area contributed by atoms with Crippen LogP contribution in [0.5, 0.6) is 0 Å². The largest absolute Gasteiger partial charge is 0.377 e. The van der Waals surface area contributed by atoms with E-state index in [1.165, 1.54) is 32.1 Å². The lowest BCUT2D eigenvalue weighted by molar-refractivity contribution is -0.109. The molecule has 84 valence electrons. The molecule has 0 heterocycles. The van der Waals surface area contributed by atoms with Gasteiger partial charge in [-0.2, -0.15) is 0 Å². The second-order valence-electron chi connectivity index (χ2n) is 4.65. The van der Waals surface area contributed by atoms with E-state index in [1.807, 2.05) is 7.11 Å². The molecule has 1 saturated carbocycles. The summed E-state index contributed by atoms with van der Waals surface area (Å²) in [5, 5.41) is 3.46. The van der Waals surface area contributed by atoms with Crippen molar-refractivity contribution in [2.24, 2.45) is 5.92 Å². The maximum atomic E-state index is 5.73. The van der Waals surface area contributed by atoms with Crippen LogP contribution in [0, 0.1) is 5.92 Å². The van der Waals surface area contributed by atoms with Crippen molar-refractivity contribution in [3.8, 4) is 0 Å². The fourth-order valence-electron chi connectivity index (χ4n) is 2.86. The van der Waals surface area contributed by atoms with E-state index in [2.05, 4.69) is 26.2 Å². The van der Waals surface area contributed by atoms with Crippen LogP contribution in [0.1, 0.15) is 46.0 Å². The lowest BCUT2D eigenvalue weighted by Gasteiger charge is -2.48. The van der Waals surface area contributed by atoms with E-state index in [4.69, 9.17) is 4.74 Å². The Balaban J connectivity index is 2.59. The van der Waals surface area contributed by atoms with E-state index >= 15 is 0 Å². The molecule has 2 heteroatoms. The molecule has 0 aromatic heterocycles. The molecule has 2 atom stereocenters. The van der Waals surface area contributed by atoms with Gasteiger partial charge in [0.2, 0.25) is 0 Å². The molecule has 0 aromatic rings. The first-order valence-corrected chi connectivity index (χ1v) is 5.92.